The number of carbonyl (C=O) groups is 2. The molecule has 0 saturated carbocycles. The van der Waals surface area contributed by atoms with Crippen LogP contribution in [0.15, 0.2) is 96.7 Å². The molecule has 0 radical (unpaired) electrons. The molecule has 6 unspecified atom stereocenters. The van der Waals surface area contributed by atoms with Crippen LogP contribution in [0.1, 0.15) is 91.9 Å². The Morgan fingerprint density at radius 2 is 1.53 bits per heavy atom. The molecule has 3 fully saturated rings. The Hall–Kier alpha value is -3.42. The zero-order valence-electron chi connectivity index (χ0n) is 34.5. The van der Waals surface area contributed by atoms with Crippen molar-refractivity contribution in [3.8, 4) is 0 Å². The van der Waals surface area contributed by atoms with Crippen molar-refractivity contribution in [2.45, 2.75) is 165 Å². The number of ether oxygens (including phenoxy) is 5. The predicted octanol–water partition coefficient (Wildman–Crippen LogP) is 6.80. The van der Waals surface area contributed by atoms with Crippen molar-refractivity contribution in [2.24, 2.45) is 17.8 Å². The number of aliphatic carboxylic acids is 1. The van der Waals surface area contributed by atoms with Crippen LogP contribution in [0.2, 0.25) is 0 Å². The quantitative estimate of drug-likeness (QED) is 0.122. The third-order valence-electron chi connectivity index (χ3n) is 12.0. The van der Waals surface area contributed by atoms with Gasteiger partial charge in [-0.25, -0.2) is 4.79 Å². The van der Waals surface area contributed by atoms with Crippen LogP contribution in [0.3, 0.4) is 0 Å². The van der Waals surface area contributed by atoms with Crippen molar-refractivity contribution in [1.29, 1.82) is 0 Å². The number of fused-ring (bicyclic) bond motifs is 13. The lowest BCUT2D eigenvalue weighted by Gasteiger charge is -2.40. The summed E-state index contributed by atoms with van der Waals surface area (Å²) < 4.78 is 31.5. The van der Waals surface area contributed by atoms with Gasteiger partial charge in [0, 0.05) is 37.2 Å². The van der Waals surface area contributed by atoms with E-state index in [-0.39, 0.29) is 67.2 Å². The van der Waals surface area contributed by atoms with E-state index in [4.69, 9.17) is 28.8 Å². The molecule has 11 nitrogen and oxygen atoms in total. The first kappa shape index (κ1) is 45.7. The second-order valence-electron chi connectivity index (χ2n) is 16.6. The maximum Gasteiger partial charge on any atom is 0.331 e. The van der Waals surface area contributed by atoms with Gasteiger partial charge in [-0.05, 0) is 63.0 Å². The molecule has 15 atom stereocenters. The van der Waals surface area contributed by atoms with E-state index in [1.165, 1.54) is 6.08 Å². The van der Waals surface area contributed by atoms with E-state index in [0.29, 0.717) is 25.7 Å². The molecule has 320 valence electrons. The van der Waals surface area contributed by atoms with Crippen molar-refractivity contribution in [2.75, 3.05) is 0 Å². The van der Waals surface area contributed by atoms with Crippen LogP contribution in [0, 0.1) is 17.8 Å². The monoisotopic (exact) mass is 806 g/mol. The van der Waals surface area contributed by atoms with Gasteiger partial charge in [0.2, 0.25) is 0 Å². The van der Waals surface area contributed by atoms with Crippen LogP contribution in [0.25, 0.3) is 0 Å². The minimum absolute atomic E-state index is 0.0508. The Balaban J connectivity index is 1.29. The summed E-state index contributed by atoms with van der Waals surface area (Å²) in [6.07, 6.45) is 28.3. The summed E-state index contributed by atoms with van der Waals surface area (Å²) in [5.74, 6) is -1.09. The first-order valence-electron chi connectivity index (χ1n) is 21.3. The zero-order chi connectivity index (χ0) is 41.6. The molecule has 4 N–H and O–H groups in total. The summed E-state index contributed by atoms with van der Waals surface area (Å²) in [6, 6.07) is 0. The molecule has 3 saturated heterocycles. The molecule has 7 bridgehead atoms. The highest BCUT2D eigenvalue weighted by atomic mass is 16.6. The molecule has 6 heterocycles. The van der Waals surface area contributed by atoms with Gasteiger partial charge in [0.25, 0.3) is 0 Å². The van der Waals surface area contributed by atoms with E-state index in [1.54, 1.807) is 18.2 Å². The van der Waals surface area contributed by atoms with Crippen LogP contribution in [0.4, 0.5) is 0 Å². The number of rotatable bonds is 7. The van der Waals surface area contributed by atoms with Crippen LogP contribution in [-0.2, 0) is 33.3 Å². The molecule has 6 rings (SSSR count). The standard InChI is InChI=1S/C47H66O11/c1-30(17-14-15-23-44(50)51)27-31(2)47-40-26-25-34(54-47)18-10-6-5-7-11-19-35(48)46(53)43-28-36(49)32(3)37(56-43)21-16-22-38-33(4)41-29-42(55-38)39(57-41)20-12-8-9-13-24-45(52)58-40/h6,8-13,16,19-20,22,24-27,30,32-43,46-49,53H,5,7,14-15,17-18,21,23,28-29H2,1-4H3,(H,50,51)/t30-,32-,33?,34?,35+,36+,37-,38+,39-,40?,41?,42?,43-,46+,47?/m1/s1. The summed E-state index contributed by atoms with van der Waals surface area (Å²) >= 11 is 0. The van der Waals surface area contributed by atoms with E-state index in [2.05, 4.69) is 32.1 Å². The maximum atomic E-state index is 13.0. The molecule has 0 aromatic carbocycles. The predicted molar refractivity (Wildman–Crippen MR) is 222 cm³/mol. The lowest BCUT2D eigenvalue weighted by molar-refractivity contribution is -0.175. The van der Waals surface area contributed by atoms with Gasteiger partial charge >= 0.3 is 11.9 Å². The van der Waals surface area contributed by atoms with Gasteiger partial charge < -0.3 is 44.1 Å². The number of aliphatic hydroxyl groups excluding tert-OH is 3. The Kier molecular flexibility index (Phi) is 18.0. The molecule has 0 amide bonds. The number of hydrogen-bond donors (Lipinski definition) is 4. The molecule has 11 heteroatoms. The number of carboxylic acid groups (broad SMARTS) is 1. The average Bonchev–Trinajstić information content (AvgIpc) is 3.54. The van der Waals surface area contributed by atoms with Gasteiger partial charge in [0.05, 0.1) is 42.7 Å². The van der Waals surface area contributed by atoms with E-state index in [0.717, 1.165) is 31.3 Å². The fraction of sp³-hybridized carbons (Fsp3) is 0.617. The minimum Gasteiger partial charge on any atom is -0.481 e. The number of esters is 1. The lowest BCUT2D eigenvalue weighted by Crippen LogP contribution is -2.50. The molecular weight excluding hydrogens is 741 g/mol. The van der Waals surface area contributed by atoms with Gasteiger partial charge in [-0.15, -0.1) is 0 Å². The summed E-state index contributed by atoms with van der Waals surface area (Å²) in [4.78, 5) is 23.9. The Bertz CT molecular complexity index is 1570. The number of carboxylic acids is 1. The van der Waals surface area contributed by atoms with Gasteiger partial charge in [0.1, 0.15) is 24.4 Å². The highest BCUT2D eigenvalue weighted by molar-refractivity contribution is 5.82. The third kappa shape index (κ3) is 13.6. The molecule has 6 aliphatic rings. The van der Waals surface area contributed by atoms with Crippen LogP contribution in [0.5, 0.6) is 0 Å². The van der Waals surface area contributed by atoms with Crippen LogP contribution >= 0.6 is 0 Å². The van der Waals surface area contributed by atoms with Crippen LogP contribution in [-0.4, -0.2) is 106 Å². The average molecular weight is 807 g/mol. The van der Waals surface area contributed by atoms with Crippen LogP contribution < -0.4 is 0 Å². The number of unbranched alkanes of at least 4 members (excludes halogenated alkanes) is 1. The first-order valence-corrected chi connectivity index (χ1v) is 21.3. The highest BCUT2D eigenvalue weighted by Crippen LogP contribution is 2.38. The lowest BCUT2D eigenvalue weighted by atomic mass is 9.85. The Morgan fingerprint density at radius 3 is 2.34 bits per heavy atom. The molecule has 0 aromatic heterocycles. The smallest absolute Gasteiger partial charge is 0.331 e. The topological polar surface area (TPSA) is 161 Å². The molecule has 0 aromatic rings. The largest absolute Gasteiger partial charge is 0.481 e. The number of allylic oxidation sites excluding steroid dienone is 7. The molecular formula is C47H66O11. The molecule has 6 aliphatic heterocycles. The molecule has 58 heavy (non-hydrogen) atoms. The van der Waals surface area contributed by atoms with Gasteiger partial charge in [-0.1, -0.05) is 106 Å². The van der Waals surface area contributed by atoms with Crippen molar-refractivity contribution in [3.63, 3.8) is 0 Å². The number of carbonyl (C=O) groups excluding carboxylic acids is 1. The Labute approximate surface area is 344 Å². The SMILES string of the molecule is CC(=C[C@H](C)CCCCC(=O)O)C1OC2C=CC1OC(=O)C=CC=CC=C[C@H]1OC3CC1O[C@@H](C=CC[C@H]1O[C@H](C[C@H](O)[C@H]1C)[C@@H](O)[C@@H](O)C=CCCC=CC2)C3C. The number of aliphatic hydroxyl groups is 3. The zero-order valence-corrected chi connectivity index (χ0v) is 34.5. The summed E-state index contributed by atoms with van der Waals surface area (Å²) in [5.41, 5.74) is 0.945. The maximum absolute atomic E-state index is 13.0. The van der Waals surface area contributed by atoms with E-state index in [9.17, 15) is 24.9 Å². The summed E-state index contributed by atoms with van der Waals surface area (Å²) in [7, 11) is 0. The second kappa shape index (κ2) is 22.8. The van der Waals surface area contributed by atoms with Crippen molar-refractivity contribution < 1.29 is 53.7 Å². The van der Waals surface area contributed by atoms with Crippen molar-refractivity contribution in [1.82, 2.24) is 0 Å². The normalized spacial score (nSPS) is 38.4. The van der Waals surface area contributed by atoms with Gasteiger partial charge in [0.15, 0.2) is 6.10 Å². The van der Waals surface area contributed by atoms with E-state index < -0.39 is 48.6 Å². The van der Waals surface area contributed by atoms with Crippen molar-refractivity contribution in [3.05, 3.63) is 96.7 Å². The van der Waals surface area contributed by atoms with Gasteiger partial charge in [-0.3, -0.25) is 4.79 Å². The fourth-order valence-electron chi connectivity index (χ4n) is 8.38. The highest BCUT2D eigenvalue weighted by Gasteiger charge is 2.45. The summed E-state index contributed by atoms with van der Waals surface area (Å²) in [6.45, 7) is 8.15. The fourth-order valence-corrected chi connectivity index (χ4v) is 8.38. The van der Waals surface area contributed by atoms with Crippen molar-refractivity contribution >= 4 is 11.9 Å². The van der Waals surface area contributed by atoms with Gasteiger partial charge in [-0.2, -0.15) is 0 Å². The third-order valence-corrected chi connectivity index (χ3v) is 12.0. The Morgan fingerprint density at radius 1 is 0.759 bits per heavy atom. The minimum atomic E-state index is -1.18. The van der Waals surface area contributed by atoms with E-state index in [1.807, 2.05) is 62.5 Å². The van der Waals surface area contributed by atoms with E-state index >= 15 is 0 Å². The number of hydrogen-bond acceptors (Lipinski definition) is 10. The molecule has 0 aliphatic carbocycles. The summed E-state index contributed by atoms with van der Waals surface area (Å²) in [5, 5.41) is 41.7. The molecule has 0 spiro atoms. The first-order chi connectivity index (χ1) is 27.9. The second-order valence-corrected chi connectivity index (χ2v) is 16.6.